The van der Waals surface area contributed by atoms with Crippen molar-refractivity contribution in [3.8, 4) is 5.75 Å². The van der Waals surface area contributed by atoms with E-state index in [1.807, 2.05) is 6.07 Å². The van der Waals surface area contributed by atoms with Crippen molar-refractivity contribution in [1.29, 1.82) is 0 Å². The number of ketones is 1. The molecule has 0 aromatic heterocycles. The van der Waals surface area contributed by atoms with E-state index in [4.69, 9.17) is 16.3 Å². The molecule has 108 valence electrons. The maximum absolute atomic E-state index is 12.4. The fourth-order valence-corrected chi connectivity index (χ4v) is 3.77. The Kier molecular flexibility index (Phi) is 3.76. The van der Waals surface area contributed by atoms with Crippen molar-refractivity contribution >= 4 is 17.4 Å². The van der Waals surface area contributed by atoms with Gasteiger partial charge in [0.2, 0.25) is 0 Å². The number of ether oxygens (including phenoxy) is 1. The summed E-state index contributed by atoms with van der Waals surface area (Å²) < 4.78 is 6.28. The van der Waals surface area contributed by atoms with Crippen LogP contribution in [-0.2, 0) is 0 Å². The molecule has 0 radical (unpaired) electrons. The molecular formula is C17H21ClO2. The van der Waals surface area contributed by atoms with E-state index in [0.717, 1.165) is 30.9 Å². The molecule has 0 amide bonds. The van der Waals surface area contributed by atoms with Crippen molar-refractivity contribution < 1.29 is 9.53 Å². The zero-order valence-electron chi connectivity index (χ0n) is 12.0. The largest absolute Gasteiger partial charge is 0.486 e. The summed E-state index contributed by atoms with van der Waals surface area (Å²) in [6.45, 7) is 2.26. The molecule has 0 bridgehead atoms. The van der Waals surface area contributed by atoms with Gasteiger partial charge >= 0.3 is 0 Å². The molecule has 20 heavy (non-hydrogen) atoms. The van der Waals surface area contributed by atoms with Gasteiger partial charge in [-0.2, -0.15) is 0 Å². The summed E-state index contributed by atoms with van der Waals surface area (Å²) in [4.78, 5) is 12.4. The lowest BCUT2D eigenvalue weighted by atomic mass is 9.84. The Morgan fingerprint density at radius 2 is 2.20 bits per heavy atom. The SMILES string of the molecule is CCC1CCCC2(CC1)CC(=O)c1cc(Cl)ccc1O2. The molecule has 2 nitrogen and oxygen atoms in total. The van der Waals surface area contributed by atoms with Crippen molar-refractivity contribution in [1.82, 2.24) is 0 Å². The van der Waals surface area contributed by atoms with Crippen LogP contribution in [0.1, 0.15) is 62.2 Å². The van der Waals surface area contributed by atoms with Gasteiger partial charge in [0.1, 0.15) is 11.4 Å². The number of benzene rings is 1. The highest BCUT2D eigenvalue weighted by molar-refractivity contribution is 6.31. The molecule has 1 aliphatic carbocycles. The van der Waals surface area contributed by atoms with E-state index in [0.29, 0.717) is 17.0 Å². The van der Waals surface area contributed by atoms with E-state index in [1.54, 1.807) is 12.1 Å². The van der Waals surface area contributed by atoms with Crippen LogP contribution in [0.15, 0.2) is 18.2 Å². The number of Topliss-reactive ketones (excluding diaryl/α,β-unsaturated/α-hetero) is 1. The molecule has 2 aliphatic rings. The van der Waals surface area contributed by atoms with Crippen LogP contribution in [-0.4, -0.2) is 11.4 Å². The molecule has 2 atom stereocenters. The Morgan fingerprint density at radius 3 is 3.00 bits per heavy atom. The Morgan fingerprint density at radius 1 is 1.35 bits per heavy atom. The number of rotatable bonds is 1. The molecule has 1 aliphatic heterocycles. The van der Waals surface area contributed by atoms with Crippen molar-refractivity contribution in [2.24, 2.45) is 5.92 Å². The van der Waals surface area contributed by atoms with Crippen LogP contribution >= 0.6 is 11.6 Å². The van der Waals surface area contributed by atoms with E-state index in [-0.39, 0.29) is 11.4 Å². The number of carbonyl (C=O) groups excluding carboxylic acids is 1. The predicted molar refractivity (Wildman–Crippen MR) is 80.6 cm³/mol. The first-order valence-electron chi connectivity index (χ1n) is 7.64. The van der Waals surface area contributed by atoms with Crippen LogP contribution in [0, 0.1) is 5.92 Å². The molecule has 3 rings (SSSR count). The zero-order valence-corrected chi connectivity index (χ0v) is 12.7. The first kappa shape index (κ1) is 13.9. The number of fused-ring (bicyclic) bond motifs is 1. The molecule has 1 fully saturated rings. The summed E-state index contributed by atoms with van der Waals surface area (Å²) in [7, 11) is 0. The Balaban J connectivity index is 1.87. The Bertz CT molecular complexity index is 526. The number of hydrogen-bond donors (Lipinski definition) is 0. The molecule has 1 aromatic carbocycles. The van der Waals surface area contributed by atoms with E-state index in [9.17, 15) is 4.79 Å². The van der Waals surface area contributed by atoms with Crippen molar-refractivity contribution in [2.75, 3.05) is 0 Å². The first-order valence-corrected chi connectivity index (χ1v) is 8.01. The fourth-order valence-electron chi connectivity index (χ4n) is 3.60. The quantitative estimate of drug-likeness (QED) is 0.725. The van der Waals surface area contributed by atoms with Crippen molar-refractivity contribution in [3.05, 3.63) is 28.8 Å². The van der Waals surface area contributed by atoms with Gasteiger partial charge in [0.15, 0.2) is 5.78 Å². The van der Waals surface area contributed by atoms with Gasteiger partial charge in [-0.1, -0.05) is 31.4 Å². The van der Waals surface area contributed by atoms with Crippen molar-refractivity contribution in [2.45, 2.75) is 57.5 Å². The average molecular weight is 293 g/mol. The molecule has 3 heteroatoms. The molecule has 2 unspecified atom stereocenters. The monoisotopic (exact) mass is 292 g/mol. The average Bonchev–Trinajstić information content (AvgIpc) is 2.62. The van der Waals surface area contributed by atoms with Gasteiger partial charge in [-0.05, 0) is 49.8 Å². The lowest BCUT2D eigenvalue weighted by Gasteiger charge is -2.37. The zero-order chi connectivity index (χ0) is 14.2. The summed E-state index contributed by atoms with van der Waals surface area (Å²) >= 11 is 5.98. The second-order valence-electron chi connectivity index (χ2n) is 6.23. The summed E-state index contributed by atoms with van der Waals surface area (Å²) in [6, 6.07) is 5.38. The van der Waals surface area contributed by atoms with Gasteiger partial charge < -0.3 is 4.74 Å². The normalized spacial score (nSPS) is 29.7. The summed E-state index contributed by atoms with van der Waals surface area (Å²) in [5.74, 6) is 1.70. The van der Waals surface area contributed by atoms with E-state index in [2.05, 4.69) is 6.92 Å². The Labute approximate surface area is 125 Å². The number of hydrogen-bond acceptors (Lipinski definition) is 2. The molecule has 1 aromatic rings. The highest BCUT2D eigenvalue weighted by Gasteiger charge is 2.41. The smallest absolute Gasteiger partial charge is 0.170 e. The Hall–Kier alpha value is -1.02. The molecule has 1 saturated carbocycles. The molecule has 1 heterocycles. The molecule has 1 spiro atoms. The standard InChI is InChI=1S/C17H21ClO2/c1-2-12-4-3-8-17(9-7-12)11-15(19)14-10-13(18)5-6-16(14)20-17/h5-6,10,12H,2-4,7-9,11H2,1H3. The minimum Gasteiger partial charge on any atom is -0.486 e. The highest BCUT2D eigenvalue weighted by Crippen LogP contribution is 2.43. The second kappa shape index (κ2) is 5.40. The second-order valence-corrected chi connectivity index (χ2v) is 6.67. The van der Waals surface area contributed by atoms with E-state index < -0.39 is 0 Å². The maximum Gasteiger partial charge on any atom is 0.170 e. The summed E-state index contributed by atoms with van der Waals surface area (Å²) in [6.07, 6.45) is 7.34. The van der Waals surface area contributed by atoms with Gasteiger partial charge in [0, 0.05) is 5.02 Å². The van der Waals surface area contributed by atoms with E-state index >= 15 is 0 Å². The maximum atomic E-state index is 12.4. The molecule has 0 N–H and O–H groups in total. The van der Waals surface area contributed by atoms with Crippen LogP contribution in [0.25, 0.3) is 0 Å². The summed E-state index contributed by atoms with van der Waals surface area (Å²) in [5.41, 5.74) is 0.390. The van der Waals surface area contributed by atoms with Gasteiger partial charge in [-0.15, -0.1) is 0 Å². The van der Waals surface area contributed by atoms with Crippen LogP contribution in [0.5, 0.6) is 5.75 Å². The fraction of sp³-hybridized carbons (Fsp3) is 0.588. The van der Waals surface area contributed by atoms with Gasteiger partial charge in [0.25, 0.3) is 0 Å². The predicted octanol–water partition coefficient (Wildman–Crippen LogP) is 5.03. The minimum atomic E-state index is -0.262. The van der Waals surface area contributed by atoms with Crippen LogP contribution in [0.3, 0.4) is 0 Å². The third kappa shape index (κ3) is 2.58. The molecule has 0 saturated heterocycles. The third-order valence-electron chi connectivity index (χ3n) is 4.88. The number of halogens is 1. The topological polar surface area (TPSA) is 26.3 Å². The van der Waals surface area contributed by atoms with Crippen LogP contribution in [0.4, 0.5) is 0 Å². The summed E-state index contributed by atoms with van der Waals surface area (Å²) in [5, 5.41) is 0.601. The van der Waals surface area contributed by atoms with Crippen molar-refractivity contribution in [3.63, 3.8) is 0 Å². The highest BCUT2D eigenvalue weighted by atomic mass is 35.5. The van der Waals surface area contributed by atoms with Gasteiger partial charge in [-0.25, -0.2) is 0 Å². The lowest BCUT2D eigenvalue weighted by Crippen LogP contribution is -2.41. The van der Waals surface area contributed by atoms with Gasteiger partial charge in [-0.3, -0.25) is 4.79 Å². The van der Waals surface area contributed by atoms with Crippen LogP contribution < -0.4 is 4.74 Å². The lowest BCUT2D eigenvalue weighted by molar-refractivity contribution is 0.0289. The van der Waals surface area contributed by atoms with Gasteiger partial charge in [0.05, 0.1) is 12.0 Å². The molecular weight excluding hydrogens is 272 g/mol. The first-order chi connectivity index (χ1) is 9.62. The van der Waals surface area contributed by atoms with Crippen LogP contribution in [0.2, 0.25) is 5.02 Å². The van der Waals surface area contributed by atoms with E-state index in [1.165, 1.54) is 19.3 Å². The minimum absolute atomic E-state index is 0.184. The third-order valence-corrected chi connectivity index (χ3v) is 5.12. The number of carbonyl (C=O) groups is 1.